The minimum Gasteiger partial charge on any atom is -0.451 e. The minimum atomic E-state index is -0.488. The van der Waals surface area contributed by atoms with Gasteiger partial charge in [-0.15, -0.1) is 11.8 Å². The molecule has 2 aromatic heterocycles. The van der Waals surface area contributed by atoms with Gasteiger partial charge in [0.2, 0.25) is 0 Å². The minimum absolute atomic E-state index is 0.0387. The molecule has 0 aliphatic carbocycles. The molecule has 166 valence electrons. The first kappa shape index (κ1) is 21.7. The first-order valence-corrected chi connectivity index (χ1v) is 11.5. The molecule has 0 radical (unpaired) electrons. The van der Waals surface area contributed by atoms with Crippen LogP contribution < -0.4 is 0 Å². The number of rotatable bonds is 5. The van der Waals surface area contributed by atoms with Crippen molar-refractivity contribution in [3.05, 3.63) is 30.1 Å². The highest BCUT2D eigenvalue weighted by atomic mass is 32.2. The van der Waals surface area contributed by atoms with Crippen LogP contribution in [0.2, 0.25) is 0 Å². The topological polar surface area (TPSA) is 90.8 Å². The molecule has 3 heterocycles. The van der Waals surface area contributed by atoms with Gasteiger partial charge in [-0.05, 0) is 64.1 Å². The Hall–Kier alpha value is -2.52. The molecule has 1 aliphatic heterocycles. The third kappa shape index (κ3) is 5.40. The van der Waals surface area contributed by atoms with E-state index < -0.39 is 5.60 Å². The van der Waals surface area contributed by atoms with Gasteiger partial charge in [0.25, 0.3) is 5.89 Å². The molecule has 1 aromatic carbocycles. The molecule has 0 N–H and O–H groups in total. The number of hydrogen-bond donors (Lipinski definition) is 0. The van der Waals surface area contributed by atoms with Crippen molar-refractivity contribution in [3.8, 4) is 11.7 Å². The van der Waals surface area contributed by atoms with Crippen molar-refractivity contribution in [2.24, 2.45) is 0 Å². The monoisotopic (exact) mass is 445 g/mol. The van der Waals surface area contributed by atoms with Gasteiger partial charge in [0, 0.05) is 23.4 Å². The Bertz CT molecular complexity index is 1050. The van der Waals surface area contributed by atoms with Crippen LogP contribution in [0.15, 0.2) is 38.1 Å². The van der Waals surface area contributed by atoms with E-state index in [1.165, 1.54) is 0 Å². The normalized spacial score (nSPS) is 15.5. The molecule has 3 aromatic rings. The number of aromatic nitrogens is 2. The molecule has 0 unspecified atom stereocenters. The second kappa shape index (κ2) is 8.92. The first-order chi connectivity index (χ1) is 14.8. The summed E-state index contributed by atoms with van der Waals surface area (Å²) in [4.78, 5) is 19.4. The van der Waals surface area contributed by atoms with Crippen LogP contribution in [0.5, 0.6) is 0 Å². The van der Waals surface area contributed by atoms with Gasteiger partial charge in [0.15, 0.2) is 11.6 Å². The van der Waals surface area contributed by atoms with E-state index >= 15 is 0 Å². The summed E-state index contributed by atoms with van der Waals surface area (Å²) < 4.78 is 22.6. The van der Waals surface area contributed by atoms with Gasteiger partial charge in [-0.2, -0.15) is 4.98 Å². The average molecular weight is 446 g/mol. The summed E-state index contributed by atoms with van der Waals surface area (Å²) in [5, 5.41) is 5.00. The lowest BCUT2D eigenvalue weighted by Gasteiger charge is -2.33. The van der Waals surface area contributed by atoms with E-state index in [1.54, 1.807) is 16.7 Å². The summed E-state index contributed by atoms with van der Waals surface area (Å²) in [6.07, 6.45) is 3.28. The zero-order valence-corrected chi connectivity index (χ0v) is 19.0. The number of nitrogens with zero attached hydrogens (tertiary/aromatic N) is 3. The molecule has 4 rings (SSSR count). The quantitative estimate of drug-likeness (QED) is 0.500. The summed E-state index contributed by atoms with van der Waals surface area (Å²) in [5.41, 5.74) is 0.290. The maximum absolute atomic E-state index is 12.2. The first-order valence-electron chi connectivity index (χ1n) is 10.3. The molecule has 9 heteroatoms. The summed E-state index contributed by atoms with van der Waals surface area (Å²) in [5.74, 6) is 1.34. The molecule has 1 fully saturated rings. The van der Waals surface area contributed by atoms with E-state index in [9.17, 15) is 4.79 Å². The van der Waals surface area contributed by atoms with Gasteiger partial charge in [-0.1, -0.05) is 5.16 Å². The van der Waals surface area contributed by atoms with Crippen LogP contribution >= 0.6 is 11.8 Å². The third-order valence-electron chi connectivity index (χ3n) is 4.94. The number of carbonyl (C=O) groups is 1. The van der Waals surface area contributed by atoms with Crippen molar-refractivity contribution in [2.75, 3.05) is 19.3 Å². The number of fused-ring (bicyclic) bond motifs is 1. The molecule has 0 atom stereocenters. The number of thioether (sulfide) groups is 1. The van der Waals surface area contributed by atoms with Gasteiger partial charge < -0.3 is 23.3 Å². The average Bonchev–Trinajstić information content (AvgIpc) is 3.37. The van der Waals surface area contributed by atoms with Crippen LogP contribution in [0.25, 0.3) is 22.6 Å². The van der Waals surface area contributed by atoms with Gasteiger partial charge in [-0.25, -0.2) is 4.79 Å². The van der Waals surface area contributed by atoms with Crippen LogP contribution in [-0.2, 0) is 16.1 Å². The zero-order valence-electron chi connectivity index (χ0n) is 18.2. The van der Waals surface area contributed by atoms with Crippen LogP contribution in [0, 0.1) is 0 Å². The lowest BCUT2D eigenvalue weighted by Crippen LogP contribution is -2.43. The Labute approximate surface area is 185 Å². The fraction of sp³-hybridized carbons (Fsp3) is 0.500. The molecule has 8 nitrogen and oxygen atoms in total. The maximum atomic E-state index is 12.2. The molecule has 1 amide bonds. The number of piperidine rings is 1. The fourth-order valence-corrected chi connectivity index (χ4v) is 3.84. The second-order valence-electron chi connectivity index (χ2n) is 8.51. The van der Waals surface area contributed by atoms with Crippen LogP contribution in [-0.4, -0.2) is 52.2 Å². The summed E-state index contributed by atoms with van der Waals surface area (Å²) in [7, 11) is 0. The highest BCUT2D eigenvalue weighted by Crippen LogP contribution is 2.29. The smallest absolute Gasteiger partial charge is 0.410 e. The number of benzene rings is 1. The molecule has 1 saturated heterocycles. The lowest BCUT2D eigenvalue weighted by molar-refractivity contribution is -0.0190. The van der Waals surface area contributed by atoms with E-state index in [1.807, 2.05) is 45.2 Å². The second-order valence-corrected chi connectivity index (χ2v) is 9.39. The van der Waals surface area contributed by atoms with Crippen molar-refractivity contribution in [3.63, 3.8) is 0 Å². The number of carbonyl (C=O) groups excluding carboxylic acids is 1. The van der Waals surface area contributed by atoms with Gasteiger partial charge in [-0.3, -0.25) is 0 Å². The SMILES string of the molecule is CSc1ccc2oc(-c3nc(COC4CCN(C(=O)OC(C)(C)C)CC4)no3)cc2c1. The third-order valence-corrected chi connectivity index (χ3v) is 5.67. The van der Waals surface area contributed by atoms with E-state index in [-0.39, 0.29) is 18.8 Å². The summed E-state index contributed by atoms with van der Waals surface area (Å²) in [6.45, 7) is 7.06. The number of hydrogen-bond acceptors (Lipinski definition) is 8. The Kier molecular flexibility index (Phi) is 6.24. The van der Waals surface area contributed by atoms with Crippen molar-refractivity contribution < 1.29 is 23.2 Å². The van der Waals surface area contributed by atoms with E-state index in [0.29, 0.717) is 30.6 Å². The highest BCUT2D eigenvalue weighted by molar-refractivity contribution is 7.98. The molecule has 0 saturated carbocycles. The molecule has 0 bridgehead atoms. The predicted molar refractivity (Wildman–Crippen MR) is 117 cm³/mol. The number of ether oxygens (including phenoxy) is 2. The van der Waals surface area contributed by atoms with Crippen molar-refractivity contribution >= 4 is 28.8 Å². The van der Waals surface area contributed by atoms with Crippen LogP contribution in [0.4, 0.5) is 4.79 Å². The number of furan rings is 1. The fourth-order valence-electron chi connectivity index (χ4n) is 3.39. The van der Waals surface area contributed by atoms with Crippen LogP contribution in [0.3, 0.4) is 0 Å². The zero-order chi connectivity index (χ0) is 22.0. The van der Waals surface area contributed by atoms with Gasteiger partial charge in [0.05, 0.1) is 6.10 Å². The van der Waals surface area contributed by atoms with Crippen LogP contribution in [0.1, 0.15) is 39.4 Å². The van der Waals surface area contributed by atoms with E-state index in [0.717, 1.165) is 28.7 Å². The Morgan fingerprint density at radius 2 is 2.03 bits per heavy atom. The summed E-state index contributed by atoms with van der Waals surface area (Å²) in [6, 6.07) is 7.92. The predicted octanol–water partition coefficient (Wildman–Crippen LogP) is 5.12. The molecular weight excluding hydrogens is 418 g/mol. The Balaban J connectivity index is 1.30. The van der Waals surface area contributed by atoms with Crippen molar-refractivity contribution in [1.82, 2.24) is 15.0 Å². The van der Waals surface area contributed by atoms with E-state index in [2.05, 4.69) is 16.2 Å². The highest BCUT2D eigenvalue weighted by Gasteiger charge is 2.27. The van der Waals surface area contributed by atoms with Crippen molar-refractivity contribution in [2.45, 2.75) is 56.8 Å². The van der Waals surface area contributed by atoms with Crippen molar-refractivity contribution in [1.29, 1.82) is 0 Å². The molecule has 1 aliphatic rings. The molecular formula is C22H27N3O5S. The molecule has 0 spiro atoms. The van der Waals surface area contributed by atoms with E-state index in [4.69, 9.17) is 18.4 Å². The van der Waals surface area contributed by atoms with Gasteiger partial charge in [0.1, 0.15) is 17.8 Å². The molecule has 31 heavy (non-hydrogen) atoms. The number of likely N-dealkylation sites (tertiary alicyclic amines) is 1. The van der Waals surface area contributed by atoms with Gasteiger partial charge >= 0.3 is 6.09 Å². The summed E-state index contributed by atoms with van der Waals surface area (Å²) >= 11 is 1.68. The standard InChI is InChI=1S/C22H27N3O5S/c1-22(2,3)29-21(26)25-9-7-15(8-10-25)27-13-19-23-20(30-24-19)18-12-14-11-16(31-4)5-6-17(14)28-18/h5-6,11-12,15H,7-10,13H2,1-4H3. The maximum Gasteiger partial charge on any atom is 0.410 e. The number of amides is 1. The lowest BCUT2D eigenvalue weighted by atomic mass is 10.1. The Morgan fingerprint density at radius 1 is 1.26 bits per heavy atom. The Morgan fingerprint density at radius 3 is 2.74 bits per heavy atom. The largest absolute Gasteiger partial charge is 0.451 e.